The molecule has 2 aliphatic heterocycles. The number of hydrogen-bond acceptors (Lipinski definition) is 8. The summed E-state index contributed by atoms with van der Waals surface area (Å²) in [5.74, 6) is -1.12. The number of carbonyl (C=O) groups excluding carboxylic acids is 2. The maximum Gasteiger partial charge on any atom is 0.254 e. The number of aryl methyl sites for hydroxylation is 2. The van der Waals surface area contributed by atoms with Crippen molar-refractivity contribution in [2.75, 3.05) is 44.7 Å². The van der Waals surface area contributed by atoms with E-state index in [2.05, 4.69) is 39.7 Å². The number of rotatable bonds is 13. The van der Waals surface area contributed by atoms with Crippen LogP contribution in [0, 0.1) is 5.82 Å². The molecule has 12 heteroatoms. The predicted octanol–water partition coefficient (Wildman–Crippen LogP) is 5.76. The van der Waals surface area contributed by atoms with Crippen LogP contribution in [0.2, 0.25) is 0 Å². The standard InChI is InChI=1S/C42H49FN8O3/c1-3-38-36(39(47-33-14-20-54-21-15-33)35-24-46-51(4-2)41(35)48-38)27-50(42(53)31-11-9-30(10-12-31)40(44)52)26-29-8-13-37(43)34(23-29)32-7-5-6-28(22-32)25-49-18-16-45-17-19-49/h5-13,22-24,33,45H,3-4,14-21,25-27H2,1-2H3,(H2,44,52)(H,47,48). The molecule has 54 heavy (non-hydrogen) atoms. The molecule has 0 radical (unpaired) electrons. The first-order valence-electron chi connectivity index (χ1n) is 19.0. The Hall–Kier alpha value is -5.17. The van der Waals surface area contributed by atoms with Crippen LogP contribution in [0.3, 0.4) is 0 Å². The van der Waals surface area contributed by atoms with Gasteiger partial charge in [0.1, 0.15) is 5.82 Å². The molecule has 2 saturated heterocycles. The van der Waals surface area contributed by atoms with Gasteiger partial charge in [-0.2, -0.15) is 5.10 Å². The van der Waals surface area contributed by atoms with E-state index in [4.69, 9.17) is 15.5 Å². The number of pyridine rings is 1. The van der Waals surface area contributed by atoms with Gasteiger partial charge in [0.05, 0.1) is 23.8 Å². The quantitative estimate of drug-likeness (QED) is 0.140. The summed E-state index contributed by atoms with van der Waals surface area (Å²) in [5, 5.41) is 12.8. The van der Waals surface area contributed by atoms with Gasteiger partial charge in [0.25, 0.3) is 5.91 Å². The van der Waals surface area contributed by atoms with Crippen LogP contribution >= 0.6 is 0 Å². The second-order valence-corrected chi connectivity index (χ2v) is 14.1. The van der Waals surface area contributed by atoms with Gasteiger partial charge in [-0.05, 0) is 85.3 Å². The van der Waals surface area contributed by atoms with E-state index in [1.807, 2.05) is 36.0 Å². The second-order valence-electron chi connectivity index (χ2n) is 14.1. The van der Waals surface area contributed by atoms with Crippen LogP contribution in [-0.4, -0.2) is 81.8 Å². The molecule has 2 amide bonds. The fraction of sp³-hybridized carbons (Fsp3) is 0.381. The van der Waals surface area contributed by atoms with Crippen molar-refractivity contribution in [3.8, 4) is 11.1 Å². The van der Waals surface area contributed by atoms with Gasteiger partial charge in [-0.25, -0.2) is 14.1 Å². The molecular weight excluding hydrogens is 684 g/mol. The highest BCUT2D eigenvalue weighted by atomic mass is 19.1. The number of aromatic nitrogens is 3. The first kappa shape index (κ1) is 37.2. The minimum atomic E-state index is -0.565. The number of ether oxygens (including phenoxy) is 1. The number of nitrogens with zero attached hydrogens (tertiary/aromatic N) is 5. The van der Waals surface area contributed by atoms with Gasteiger partial charge in [0, 0.05) is 93.0 Å². The van der Waals surface area contributed by atoms with E-state index in [0.717, 1.165) is 90.2 Å². The summed E-state index contributed by atoms with van der Waals surface area (Å²) in [7, 11) is 0. The highest BCUT2D eigenvalue weighted by Gasteiger charge is 2.26. The first-order chi connectivity index (χ1) is 26.3. The number of benzene rings is 3. The van der Waals surface area contributed by atoms with E-state index in [1.54, 1.807) is 35.2 Å². The number of carbonyl (C=O) groups is 2. The van der Waals surface area contributed by atoms with E-state index >= 15 is 4.39 Å². The minimum Gasteiger partial charge on any atom is -0.381 e. The molecule has 2 aromatic heterocycles. The molecule has 5 aromatic rings. The number of fused-ring (bicyclic) bond motifs is 1. The molecule has 282 valence electrons. The van der Waals surface area contributed by atoms with Gasteiger partial charge in [0.15, 0.2) is 5.65 Å². The van der Waals surface area contributed by atoms with E-state index in [0.29, 0.717) is 42.9 Å². The van der Waals surface area contributed by atoms with Crippen molar-refractivity contribution in [1.82, 2.24) is 29.9 Å². The Morgan fingerprint density at radius 1 is 0.981 bits per heavy atom. The van der Waals surface area contributed by atoms with E-state index < -0.39 is 5.91 Å². The molecule has 7 rings (SSSR count). The second kappa shape index (κ2) is 16.9. The van der Waals surface area contributed by atoms with Crippen molar-refractivity contribution in [3.63, 3.8) is 0 Å². The van der Waals surface area contributed by atoms with E-state index in [9.17, 15) is 9.59 Å². The lowest BCUT2D eigenvalue weighted by Gasteiger charge is -2.29. The van der Waals surface area contributed by atoms with Gasteiger partial charge in [-0.1, -0.05) is 31.2 Å². The largest absolute Gasteiger partial charge is 0.381 e. The first-order valence-corrected chi connectivity index (χ1v) is 19.0. The maximum atomic E-state index is 15.6. The Bertz CT molecular complexity index is 2110. The predicted molar refractivity (Wildman–Crippen MR) is 209 cm³/mol. The van der Waals surface area contributed by atoms with Crippen LogP contribution in [-0.2, 0) is 37.3 Å². The highest BCUT2D eigenvalue weighted by molar-refractivity contribution is 5.98. The summed E-state index contributed by atoms with van der Waals surface area (Å²) in [6.07, 6.45) is 4.21. The van der Waals surface area contributed by atoms with Crippen LogP contribution in [0.4, 0.5) is 10.1 Å². The molecule has 0 bridgehead atoms. The van der Waals surface area contributed by atoms with Gasteiger partial charge < -0.3 is 26.0 Å². The zero-order valence-corrected chi connectivity index (χ0v) is 31.1. The van der Waals surface area contributed by atoms with E-state index in [1.165, 1.54) is 6.07 Å². The summed E-state index contributed by atoms with van der Waals surface area (Å²) in [6.45, 7) is 11.2. The number of hydrogen-bond donors (Lipinski definition) is 3. The fourth-order valence-electron chi connectivity index (χ4n) is 7.51. The maximum absolute atomic E-state index is 15.6. The molecule has 3 aromatic carbocycles. The Labute approximate surface area is 315 Å². The smallest absolute Gasteiger partial charge is 0.254 e. The van der Waals surface area contributed by atoms with Crippen LogP contribution in [0.25, 0.3) is 22.2 Å². The van der Waals surface area contributed by atoms with Gasteiger partial charge in [0.2, 0.25) is 5.91 Å². The van der Waals surface area contributed by atoms with Crippen molar-refractivity contribution in [3.05, 3.63) is 112 Å². The molecule has 2 aliphatic rings. The lowest BCUT2D eigenvalue weighted by atomic mass is 9.99. The highest BCUT2D eigenvalue weighted by Crippen LogP contribution is 2.34. The number of nitrogens with one attached hydrogen (secondary N) is 2. The Morgan fingerprint density at radius 3 is 2.46 bits per heavy atom. The Morgan fingerprint density at radius 2 is 1.74 bits per heavy atom. The Kier molecular flexibility index (Phi) is 11.6. The summed E-state index contributed by atoms with van der Waals surface area (Å²) in [4.78, 5) is 35.7. The third-order valence-corrected chi connectivity index (χ3v) is 10.5. The van der Waals surface area contributed by atoms with Crippen LogP contribution in [0.5, 0.6) is 0 Å². The topological polar surface area (TPSA) is 131 Å². The molecule has 0 saturated carbocycles. The molecule has 2 fully saturated rings. The number of piperazine rings is 1. The molecule has 0 atom stereocenters. The van der Waals surface area contributed by atoms with Gasteiger partial charge >= 0.3 is 0 Å². The average Bonchev–Trinajstić information content (AvgIpc) is 3.62. The summed E-state index contributed by atoms with van der Waals surface area (Å²) < 4.78 is 23.2. The molecule has 11 nitrogen and oxygen atoms in total. The van der Waals surface area contributed by atoms with Crippen molar-refractivity contribution in [1.29, 1.82) is 0 Å². The third kappa shape index (κ3) is 8.30. The van der Waals surface area contributed by atoms with Crippen LogP contribution < -0.4 is 16.4 Å². The van der Waals surface area contributed by atoms with Crippen LogP contribution in [0.15, 0.2) is 72.9 Å². The Balaban J connectivity index is 1.27. The van der Waals surface area contributed by atoms with Crippen molar-refractivity contribution in [2.24, 2.45) is 5.73 Å². The number of nitrogens with two attached hydrogens (primary N) is 1. The summed E-state index contributed by atoms with van der Waals surface area (Å²) in [6, 6.07) is 19.7. The van der Waals surface area contributed by atoms with Gasteiger partial charge in [-0.3, -0.25) is 14.5 Å². The number of amides is 2. The van der Waals surface area contributed by atoms with E-state index in [-0.39, 0.29) is 30.9 Å². The lowest BCUT2D eigenvalue weighted by molar-refractivity contribution is 0.0729. The number of anilines is 1. The third-order valence-electron chi connectivity index (χ3n) is 10.5. The van der Waals surface area contributed by atoms with Crippen molar-refractivity contribution < 1.29 is 18.7 Å². The van der Waals surface area contributed by atoms with Crippen molar-refractivity contribution >= 4 is 28.5 Å². The molecule has 0 spiro atoms. The fourth-order valence-corrected chi connectivity index (χ4v) is 7.51. The lowest BCUT2D eigenvalue weighted by Crippen LogP contribution is -2.42. The zero-order valence-electron chi connectivity index (χ0n) is 31.1. The zero-order chi connectivity index (χ0) is 37.6. The average molecular weight is 733 g/mol. The summed E-state index contributed by atoms with van der Waals surface area (Å²) in [5.41, 5.74) is 12.9. The van der Waals surface area contributed by atoms with Crippen molar-refractivity contribution in [2.45, 2.75) is 65.3 Å². The van der Waals surface area contributed by atoms with Gasteiger partial charge in [-0.15, -0.1) is 0 Å². The molecule has 0 unspecified atom stereocenters. The number of primary amides is 1. The molecule has 4 N–H and O–H groups in total. The molecular formula is C42H49FN8O3. The number of halogens is 1. The molecule has 4 heterocycles. The van der Waals surface area contributed by atoms with Crippen LogP contribution in [0.1, 0.15) is 69.8 Å². The minimum absolute atomic E-state index is 0.185. The monoisotopic (exact) mass is 732 g/mol. The molecule has 0 aliphatic carbocycles. The summed E-state index contributed by atoms with van der Waals surface area (Å²) >= 11 is 0. The normalized spacial score (nSPS) is 15.4. The SMILES string of the molecule is CCc1nc2c(cnn2CC)c(NC2CCOCC2)c1CN(Cc1ccc(F)c(-c2cccc(CN3CCNCC3)c2)c1)C(=O)c1ccc(C(N)=O)cc1.